The summed E-state index contributed by atoms with van der Waals surface area (Å²) in [6.45, 7) is 8.91. The molecule has 0 N–H and O–H groups in total. The number of thioether (sulfide) groups is 1. The van der Waals surface area contributed by atoms with E-state index in [0.29, 0.717) is 33.8 Å². The lowest BCUT2D eigenvalue weighted by Gasteiger charge is -2.25. The Morgan fingerprint density at radius 3 is 2.50 bits per heavy atom. The molecule has 0 fully saturated rings. The van der Waals surface area contributed by atoms with Gasteiger partial charge in [0, 0.05) is 4.90 Å². The number of thiazole rings is 1. The number of carbonyl (C=O) groups is 1. The van der Waals surface area contributed by atoms with Crippen LogP contribution in [-0.4, -0.2) is 30.0 Å². The second-order valence-electron chi connectivity index (χ2n) is 9.62. The number of carbonyl (C=O) groups excluding carboxylic acids is 1. The highest BCUT2D eigenvalue weighted by atomic mass is 32.2. The van der Waals surface area contributed by atoms with Gasteiger partial charge in [0.05, 0.1) is 35.1 Å². The minimum absolute atomic E-state index is 0.183. The van der Waals surface area contributed by atoms with Crippen molar-refractivity contribution < 1.29 is 14.3 Å². The fourth-order valence-electron chi connectivity index (χ4n) is 4.15. The second kappa shape index (κ2) is 12.6. The zero-order valence-corrected chi connectivity index (χ0v) is 24.2. The number of aromatic nitrogens is 1. The van der Waals surface area contributed by atoms with Crippen LogP contribution < -0.4 is 19.6 Å². The van der Waals surface area contributed by atoms with Crippen LogP contribution in [0.1, 0.15) is 57.7 Å². The first-order valence-corrected chi connectivity index (χ1v) is 14.9. The Hall–Kier alpha value is -3.10. The van der Waals surface area contributed by atoms with E-state index in [1.54, 1.807) is 16.3 Å². The minimum Gasteiger partial charge on any atom is -0.494 e. The molecule has 1 atom stereocenters. The molecule has 200 valence electrons. The van der Waals surface area contributed by atoms with Crippen molar-refractivity contribution in [3.05, 3.63) is 90.6 Å². The van der Waals surface area contributed by atoms with E-state index in [1.165, 1.54) is 11.3 Å². The van der Waals surface area contributed by atoms with Crippen LogP contribution in [0.5, 0.6) is 5.75 Å². The highest BCUT2D eigenvalue weighted by Gasteiger charge is 2.33. The lowest BCUT2D eigenvalue weighted by Crippen LogP contribution is -2.40. The molecule has 2 heterocycles. The molecule has 1 aliphatic rings. The van der Waals surface area contributed by atoms with Crippen LogP contribution in [0, 0.1) is 5.92 Å². The predicted molar refractivity (Wildman–Crippen MR) is 155 cm³/mol. The van der Waals surface area contributed by atoms with E-state index in [9.17, 15) is 9.59 Å². The largest absolute Gasteiger partial charge is 0.494 e. The first kappa shape index (κ1) is 27.9. The summed E-state index contributed by atoms with van der Waals surface area (Å²) in [6, 6.07) is 15.1. The Morgan fingerprint density at radius 1 is 1.16 bits per heavy atom. The second-order valence-corrected chi connectivity index (χ2v) is 11.5. The summed E-state index contributed by atoms with van der Waals surface area (Å²) in [5, 5.41) is 0. The van der Waals surface area contributed by atoms with Gasteiger partial charge in [-0.2, -0.15) is 0 Å². The van der Waals surface area contributed by atoms with Crippen LogP contribution in [0.4, 0.5) is 0 Å². The van der Waals surface area contributed by atoms with Crippen molar-refractivity contribution >= 4 is 35.1 Å². The third-order valence-corrected chi connectivity index (χ3v) is 7.89. The Kier molecular flexibility index (Phi) is 9.28. The van der Waals surface area contributed by atoms with Gasteiger partial charge >= 0.3 is 5.97 Å². The molecule has 6 nitrogen and oxygen atoms in total. The molecule has 2 aromatic carbocycles. The van der Waals surface area contributed by atoms with Gasteiger partial charge in [0.15, 0.2) is 4.80 Å². The van der Waals surface area contributed by atoms with Crippen LogP contribution in [0.3, 0.4) is 0 Å². The summed E-state index contributed by atoms with van der Waals surface area (Å²) in [5.41, 5.74) is 2.52. The zero-order valence-electron chi connectivity index (χ0n) is 22.5. The molecule has 0 bridgehead atoms. The van der Waals surface area contributed by atoms with E-state index >= 15 is 0 Å². The number of nitrogens with zero attached hydrogens (tertiary/aromatic N) is 2. The van der Waals surface area contributed by atoms with Crippen molar-refractivity contribution in [3.8, 4) is 5.75 Å². The number of allylic oxidation sites excluding steroid dienone is 1. The molecule has 38 heavy (non-hydrogen) atoms. The molecule has 0 spiro atoms. The van der Waals surface area contributed by atoms with Gasteiger partial charge in [-0.25, -0.2) is 9.79 Å². The van der Waals surface area contributed by atoms with Gasteiger partial charge in [-0.3, -0.25) is 9.36 Å². The Labute approximate surface area is 231 Å². The first-order chi connectivity index (χ1) is 18.3. The van der Waals surface area contributed by atoms with Crippen LogP contribution in [-0.2, 0) is 9.53 Å². The van der Waals surface area contributed by atoms with Crippen LogP contribution >= 0.6 is 23.1 Å². The van der Waals surface area contributed by atoms with Crippen molar-refractivity contribution in [3.63, 3.8) is 0 Å². The molecule has 0 saturated heterocycles. The molecular formula is C30H34N2O4S2. The quantitative estimate of drug-likeness (QED) is 0.194. The molecule has 0 amide bonds. The van der Waals surface area contributed by atoms with Crippen molar-refractivity contribution in [1.82, 2.24) is 4.57 Å². The average molecular weight is 551 g/mol. The third kappa shape index (κ3) is 6.30. The summed E-state index contributed by atoms with van der Waals surface area (Å²) >= 11 is 2.97. The highest BCUT2D eigenvalue weighted by Crippen LogP contribution is 2.31. The SMILES string of the molecule is CCCCOc1ccc(C=c2sc3n(c2=O)C(c2ccc(SC)cc2)C(C(=O)OCC(C)C)=C(C)N=3)cc1. The van der Waals surface area contributed by atoms with E-state index in [-0.39, 0.29) is 11.5 Å². The number of esters is 1. The Morgan fingerprint density at radius 2 is 1.87 bits per heavy atom. The molecule has 4 rings (SSSR count). The van der Waals surface area contributed by atoms with Crippen LogP contribution in [0.15, 0.2) is 74.5 Å². The van der Waals surface area contributed by atoms with E-state index in [1.807, 2.05) is 81.6 Å². The Balaban J connectivity index is 1.77. The molecule has 1 aliphatic heterocycles. The number of rotatable bonds is 10. The maximum Gasteiger partial charge on any atom is 0.338 e. The maximum atomic E-state index is 13.8. The smallest absolute Gasteiger partial charge is 0.338 e. The van der Waals surface area contributed by atoms with Crippen LogP contribution in [0.25, 0.3) is 6.08 Å². The molecule has 8 heteroatoms. The van der Waals surface area contributed by atoms with E-state index in [0.717, 1.165) is 34.6 Å². The van der Waals surface area contributed by atoms with Gasteiger partial charge < -0.3 is 9.47 Å². The van der Waals surface area contributed by atoms with Crippen molar-refractivity contribution in [2.75, 3.05) is 19.5 Å². The van der Waals surface area contributed by atoms with Gasteiger partial charge in [0.1, 0.15) is 5.75 Å². The highest BCUT2D eigenvalue weighted by molar-refractivity contribution is 7.98. The van der Waals surface area contributed by atoms with Gasteiger partial charge in [0.25, 0.3) is 5.56 Å². The van der Waals surface area contributed by atoms with E-state index in [2.05, 4.69) is 11.9 Å². The monoisotopic (exact) mass is 550 g/mol. The first-order valence-electron chi connectivity index (χ1n) is 12.9. The number of fused-ring (bicyclic) bond motifs is 1. The van der Waals surface area contributed by atoms with Gasteiger partial charge in [-0.15, -0.1) is 11.8 Å². The standard InChI is InChI=1S/C30H34N2O4S2/c1-6-7-16-35-23-12-8-21(9-13-23)17-25-28(33)32-27(22-10-14-24(37-5)15-11-22)26(20(4)31-30(32)38-25)29(34)36-18-19(2)3/h8-15,17,19,27H,6-7,16,18H2,1-5H3. The lowest BCUT2D eigenvalue weighted by atomic mass is 9.96. The fourth-order valence-corrected chi connectivity index (χ4v) is 5.61. The summed E-state index contributed by atoms with van der Waals surface area (Å²) in [7, 11) is 0. The fraction of sp³-hybridized carbons (Fsp3) is 0.367. The molecule has 0 aliphatic carbocycles. The molecule has 1 aromatic heterocycles. The average Bonchev–Trinajstić information content (AvgIpc) is 3.21. The van der Waals surface area contributed by atoms with Crippen LogP contribution in [0.2, 0.25) is 0 Å². The van der Waals surface area contributed by atoms with Crippen molar-refractivity contribution in [1.29, 1.82) is 0 Å². The predicted octanol–water partition coefficient (Wildman–Crippen LogP) is 5.34. The van der Waals surface area contributed by atoms with Crippen molar-refractivity contribution in [2.45, 2.75) is 51.5 Å². The number of ether oxygens (including phenoxy) is 2. The normalized spacial score (nSPS) is 15.4. The summed E-state index contributed by atoms with van der Waals surface area (Å²) in [5.74, 6) is 0.571. The molecule has 3 aromatic rings. The van der Waals surface area contributed by atoms with Crippen molar-refractivity contribution in [2.24, 2.45) is 10.9 Å². The molecule has 1 unspecified atom stereocenters. The lowest BCUT2D eigenvalue weighted by molar-refractivity contribution is -0.140. The van der Waals surface area contributed by atoms with Gasteiger partial charge in [-0.1, -0.05) is 62.8 Å². The molecule has 0 saturated carbocycles. The van der Waals surface area contributed by atoms with Gasteiger partial charge in [0.2, 0.25) is 0 Å². The van der Waals surface area contributed by atoms with E-state index < -0.39 is 12.0 Å². The molecular weight excluding hydrogens is 516 g/mol. The summed E-state index contributed by atoms with van der Waals surface area (Å²) in [6.07, 6.45) is 5.97. The summed E-state index contributed by atoms with van der Waals surface area (Å²) in [4.78, 5) is 33.4. The van der Waals surface area contributed by atoms with Gasteiger partial charge in [-0.05, 0) is 67.0 Å². The number of hydrogen-bond acceptors (Lipinski definition) is 7. The van der Waals surface area contributed by atoms with E-state index in [4.69, 9.17) is 9.47 Å². The zero-order chi connectivity index (χ0) is 27.2. The topological polar surface area (TPSA) is 69.9 Å². The summed E-state index contributed by atoms with van der Waals surface area (Å²) < 4.78 is 13.6. The number of benzene rings is 2. The third-order valence-electron chi connectivity index (χ3n) is 6.17. The Bertz CT molecular complexity index is 1480. The number of hydrogen-bond donors (Lipinski definition) is 0. The molecule has 0 radical (unpaired) electrons. The maximum absolute atomic E-state index is 13.8. The number of unbranched alkanes of at least 4 members (excludes halogenated alkanes) is 1. The minimum atomic E-state index is -0.613.